The van der Waals surface area contributed by atoms with Gasteiger partial charge in [0.2, 0.25) is 0 Å². The maximum absolute atomic E-state index is 11.0. The molecule has 0 fully saturated rings. The normalized spacial score (nSPS) is 11.3. The van der Waals surface area contributed by atoms with Crippen LogP contribution in [0.15, 0.2) is 30.4 Å². The summed E-state index contributed by atoms with van der Waals surface area (Å²) in [6, 6.07) is 4.90. The summed E-state index contributed by atoms with van der Waals surface area (Å²) in [7, 11) is 0. The summed E-state index contributed by atoms with van der Waals surface area (Å²) in [5.41, 5.74) is 0.993. The fourth-order valence-electron chi connectivity index (χ4n) is 3.49. The fraction of sp³-hybridized carbons (Fsp3) is 0.640. The summed E-state index contributed by atoms with van der Waals surface area (Å²) >= 11 is 0. The minimum atomic E-state index is -1.07. The van der Waals surface area contributed by atoms with Gasteiger partial charge < -0.3 is 10.2 Å². The molecule has 1 rings (SSSR count). The number of allylic oxidation sites excluding steroid dienone is 2. The number of carbonyl (C=O) groups is 1. The zero-order chi connectivity index (χ0) is 20.5. The molecule has 0 saturated heterocycles. The van der Waals surface area contributed by atoms with Gasteiger partial charge in [0.25, 0.3) is 0 Å². The Morgan fingerprint density at radius 2 is 1.36 bits per heavy atom. The second-order valence-electron chi connectivity index (χ2n) is 7.84. The van der Waals surface area contributed by atoms with Gasteiger partial charge in [0.05, 0.1) is 0 Å². The third-order valence-electron chi connectivity index (χ3n) is 5.27. The molecule has 1 aromatic rings. The van der Waals surface area contributed by atoms with E-state index in [1.54, 1.807) is 6.07 Å². The third-order valence-corrected chi connectivity index (χ3v) is 5.27. The summed E-state index contributed by atoms with van der Waals surface area (Å²) in [5, 5.41) is 18.6. The number of phenols is 1. The van der Waals surface area contributed by atoms with E-state index in [0.29, 0.717) is 0 Å². The van der Waals surface area contributed by atoms with Crippen LogP contribution in [-0.2, 0) is 6.42 Å². The van der Waals surface area contributed by atoms with Crippen LogP contribution >= 0.6 is 0 Å². The summed E-state index contributed by atoms with van der Waals surface area (Å²) in [6.45, 7) is 2.26. The van der Waals surface area contributed by atoms with Gasteiger partial charge in [-0.2, -0.15) is 0 Å². The highest BCUT2D eigenvalue weighted by Crippen LogP contribution is 2.20. The number of aromatic carboxylic acids is 1. The predicted molar refractivity (Wildman–Crippen MR) is 118 cm³/mol. The molecule has 0 radical (unpaired) electrons. The minimum absolute atomic E-state index is 0.00190. The van der Waals surface area contributed by atoms with Crippen molar-refractivity contribution in [1.82, 2.24) is 0 Å². The Morgan fingerprint density at radius 1 is 0.821 bits per heavy atom. The first-order valence-electron chi connectivity index (χ1n) is 11.3. The Kier molecular flexibility index (Phi) is 14.0. The molecule has 28 heavy (non-hydrogen) atoms. The van der Waals surface area contributed by atoms with Crippen LogP contribution in [0.2, 0.25) is 0 Å². The summed E-state index contributed by atoms with van der Waals surface area (Å²) < 4.78 is 0. The molecule has 0 heterocycles. The highest BCUT2D eigenvalue weighted by molar-refractivity contribution is 5.90. The average molecular weight is 389 g/mol. The number of hydrogen-bond donors (Lipinski definition) is 2. The first-order valence-corrected chi connectivity index (χ1v) is 11.3. The van der Waals surface area contributed by atoms with E-state index in [4.69, 9.17) is 5.11 Å². The molecule has 0 aliphatic carbocycles. The van der Waals surface area contributed by atoms with Crippen LogP contribution < -0.4 is 0 Å². The van der Waals surface area contributed by atoms with E-state index in [-0.39, 0.29) is 11.3 Å². The molecule has 0 atom stereocenters. The molecule has 2 N–H and O–H groups in total. The SMILES string of the molecule is CCCCCCCCC=CCCCCCCCCc1ccc(O)c(C(=O)O)c1. The van der Waals surface area contributed by atoms with Gasteiger partial charge in [-0.3, -0.25) is 0 Å². The Balaban J connectivity index is 1.94. The lowest BCUT2D eigenvalue weighted by molar-refractivity contribution is 0.0693. The number of aryl methyl sites for hydroxylation is 1. The standard InChI is InChI=1S/C25H40O3/c1-2-3-4-5-6-7-8-9-10-11-12-13-14-15-16-17-18-22-19-20-24(26)23(21-22)25(27)28/h9-10,19-21,26H,2-8,11-18H2,1H3,(H,27,28). The van der Waals surface area contributed by atoms with E-state index in [9.17, 15) is 9.90 Å². The molecule has 0 aromatic heterocycles. The van der Waals surface area contributed by atoms with E-state index in [2.05, 4.69) is 19.1 Å². The van der Waals surface area contributed by atoms with Crippen molar-refractivity contribution in [2.45, 2.75) is 103 Å². The molecule has 0 saturated carbocycles. The van der Waals surface area contributed by atoms with Crippen LogP contribution in [0.5, 0.6) is 5.75 Å². The molecule has 0 bridgehead atoms. The maximum atomic E-state index is 11.0. The van der Waals surface area contributed by atoms with Gasteiger partial charge >= 0.3 is 5.97 Å². The number of unbranched alkanes of at least 4 members (excludes halogenated alkanes) is 12. The van der Waals surface area contributed by atoms with Gasteiger partial charge in [0, 0.05) is 0 Å². The molecule has 3 nitrogen and oxygen atoms in total. The number of benzene rings is 1. The Hall–Kier alpha value is -1.77. The summed E-state index contributed by atoms with van der Waals surface area (Å²) in [5.74, 6) is -1.22. The number of aromatic hydroxyl groups is 1. The number of carboxylic acid groups (broad SMARTS) is 1. The highest BCUT2D eigenvalue weighted by Gasteiger charge is 2.09. The molecular formula is C25H40O3. The van der Waals surface area contributed by atoms with Crippen LogP contribution in [-0.4, -0.2) is 16.2 Å². The van der Waals surface area contributed by atoms with Gasteiger partial charge in [-0.15, -0.1) is 0 Å². The number of hydrogen-bond acceptors (Lipinski definition) is 2. The van der Waals surface area contributed by atoms with Crippen molar-refractivity contribution >= 4 is 5.97 Å². The first-order chi connectivity index (χ1) is 13.6. The zero-order valence-electron chi connectivity index (χ0n) is 17.8. The summed E-state index contributed by atoms with van der Waals surface area (Å²) in [4.78, 5) is 11.0. The van der Waals surface area contributed by atoms with Gasteiger partial charge in [-0.1, -0.05) is 82.9 Å². The fourth-order valence-corrected chi connectivity index (χ4v) is 3.49. The Morgan fingerprint density at radius 3 is 1.93 bits per heavy atom. The molecule has 0 amide bonds. The predicted octanol–water partition coefficient (Wildman–Crippen LogP) is 7.67. The smallest absolute Gasteiger partial charge is 0.339 e. The molecule has 158 valence electrons. The van der Waals surface area contributed by atoms with E-state index in [1.807, 2.05) is 6.07 Å². The van der Waals surface area contributed by atoms with Crippen LogP contribution in [0.1, 0.15) is 113 Å². The van der Waals surface area contributed by atoms with Crippen molar-refractivity contribution in [2.75, 3.05) is 0 Å². The number of rotatable bonds is 17. The second-order valence-corrected chi connectivity index (χ2v) is 7.84. The lowest BCUT2D eigenvalue weighted by Crippen LogP contribution is -1.98. The van der Waals surface area contributed by atoms with E-state index in [1.165, 1.54) is 89.5 Å². The molecule has 0 unspecified atom stereocenters. The van der Waals surface area contributed by atoms with Crippen molar-refractivity contribution in [3.63, 3.8) is 0 Å². The lowest BCUT2D eigenvalue weighted by Gasteiger charge is -2.05. The van der Waals surface area contributed by atoms with Crippen LogP contribution in [0.4, 0.5) is 0 Å². The van der Waals surface area contributed by atoms with Crippen molar-refractivity contribution in [3.05, 3.63) is 41.5 Å². The van der Waals surface area contributed by atoms with Crippen LogP contribution in [0, 0.1) is 0 Å². The molecular weight excluding hydrogens is 348 g/mol. The molecule has 1 aromatic carbocycles. The third kappa shape index (κ3) is 11.8. The van der Waals surface area contributed by atoms with Crippen LogP contribution in [0.3, 0.4) is 0 Å². The van der Waals surface area contributed by atoms with Gasteiger partial charge in [-0.25, -0.2) is 4.79 Å². The molecule has 0 aliphatic heterocycles. The minimum Gasteiger partial charge on any atom is -0.507 e. The van der Waals surface area contributed by atoms with Crippen LogP contribution in [0.25, 0.3) is 0 Å². The average Bonchev–Trinajstić information content (AvgIpc) is 2.68. The van der Waals surface area contributed by atoms with Gasteiger partial charge in [0.1, 0.15) is 11.3 Å². The largest absolute Gasteiger partial charge is 0.507 e. The van der Waals surface area contributed by atoms with Crippen molar-refractivity contribution in [2.24, 2.45) is 0 Å². The monoisotopic (exact) mass is 388 g/mol. The van der Waals surface area contributed by atoms with Crippen molar-refractivity contribution in [1.29, 1.82) is 0 Å². The topological polar surface area (TPSA) is 57.5 Å². The quantitative estimate of drug-likeness (QED) is 0.213. The molecule has 0 spiro atoms. The summed E-state index contributed by atoms with van der Waals surface area (Å²) in [6.07, 6.45) is 23.6. The van der Waals surface area contributed by atoms with Crippen molar-refractivity contribution in [3.8, 4) is 5.75 Å². The van der Waals surface area contributed by atoms with Gasteiger partial charge in [-0.05, 0) is 56.2 Å². The van der Waals surface area contributed by atoms with Crippen molar-refractivity contribution < 1.29 is 15.0 Å². The van der Waals surface area contributed by atoms with E-state index in [0.717, 1.165) is 18.4 Å². The lowest BCUT2D eigenvalue weighted by atomic mass is 10.0. The zero-order valence-corrected chi connectivity index (χ0v) is 17.8. The maximum Gasteiger partial charge on any atom is 0.339 e. The highest BCUT2D eigenvalue weighted by atomic mass is 16.4. The van der Waals surface area contributed by atoms with Gasteiger partial charge in [0.15, 0.2) is 0 Å². The van der Waals surface area contributed by atoms with E-state index < -0.39 is 5.97 Å². The van der Waals surface area contributed by atoms with E-state index >= 15 is 0 Å². The molecule has 3 heteroatoms. The Bertz CT molecular complexity index is 563. The number of carboxylic acids is 1. The molecule has 0 aliphatic rings. The first kappa shape index (κ1) is 24.3. The Labute approximate surface area is 171 Å². The second kappa shape index (κ2) is 16.2.